The zero-order valence-corrected chi connectivity index (χ0v) is 8.36. The first-order valence-electron chi connectivity index (χ1n) is 4.44. The highest BCUT2D eigenvalue weighted by Gasteiger charge is 2.03. The first-order chi connectivity index (χ1) is 6.33. The summed E-state index contributed by atoms with van der Waals surface area (Å²) in [6.07, 6.45) is 2.99. The maximum absolute atomic E-state index is 5.72. The van der Waals surface area contributed by atoms with Crippen LogP contribution in [0.1, 0.15) is 11.1 Å². The van der Waals surface area contributed by atoms with E-state index in [1.807, 2.05) is 0 Å². The molecule has 1 heterocycles. The zero-order chi connectivity index (χ0) is 9.26. The lowest BCUT2D eigenvalue weighted by Gasteiger charge is -1.96. The molecule has 2 heteroatoms. The third kappa shape index (κ3) is 1.44. The van der Waals surface area contributed by atoms with E-state index in [2.05, 4.69) is 36.3 Å². The van der Waals surface area contributed by atoms with E-state index < -0.39 is 0 Å². The molecule has 0 unspecified atom stereocenters. The van der Waals surface area contributed by atoms with Crippen molar-refractivity contribution in [2.45, 2.75) is 13.3 Å². The maximum atomic E-state index is 5.72. The van der Waals surface area contributed by atoms with Gasteiger partial charge in [-0.15, -0.1) is 11.6 Å². The van der Waals surface area contributed by atoms with Gasteiger partial charge in [-0.1, -0.05) is 18.2 Å². The molecule has 13 heavy (non-hydrogen) atoms. The predicted molar refractivity (Wildman–Crippen MR) is 57.5 cm³/mol. The quantitative estimate of drug-likeness (QED) is 0.705. The van der Waals surface area contributed by atoms with Crippen LogP contribution in [0.15, 0.2) is 24.4 Å². The standard InChI is InChI=1S/C11H12ClN/c1-8-3-2-4-10-9(5-6-12)7-13-11(8)10/h2-4,7,13H,5-6H2,1H3. The zero-order valence-electron chi connectivity index (χ0n) is 7.60. The molecule has 0 saturated carbocycles. The number of aromatic amines is 1. The lowest BCUT2D eigenvalue weighted by molar-refractivity contribution is 1.16. The van der Waals surface area contributed by atoms with Crippen LogP contribution in [0.3, 0.4) is 0 Å². The minimum absolute atomic E-state index is 0.681. The van der Waals surface area contributed by atoms with Crippen molar-refractivity contribution >= 4 is 22.5 Å². The molecule has 0 spiro atoms. The minimum atomic E-state index is 0.681. The smallest absolute Gasteiger partial charge is 0.0486 e. The number of aryl methyl sites for hydroxylation is 2. The molecular formula is C11H12ClN. The van der Waals surface area contributed by atoms with Crippen LogP contribution in [0.5, 0.6) is 0 Å². The monoisotopic (exact) mass is 193 g/mol. The summed E-state index contributed by atoms with van der Waals surface area (Å²) in [5, 5.41) is 1.31. The Balaban J connectivity index is 2.61. The van der Waals surface area contributed by atoms with Crippen LogP contribution in [0.4, 0.5) is 0 Å². The van der Waals surface area contributed by atoms with Gasteiger partial charge in [0.25, 0.3) is 0 Å². The van der Waals surface area contributed by atoms with Crippen molar-refractivity contribution in [1.82, 2.24) is 4.98 Å². The minimum Gasteiger partial charge on any atom is -0.361 e. The van der Waals surface area contributed by atoms with E-state index in [1.165, 1.54) is 22.0 Å². The molecule has 1 aromatic carbocycles. The number of alkyl halides is 1. The van der Waals surface area contributed by atoms with Crippen LogP contribution < -0.4 is 0 Å². The number of para-hydroxylation sites is 1. The van der Waals surface area contributed by atoms with Gasteiger partial charge in [-0.2, -0.15) is 0 Å². The normalized spacial score (nSPS) is 10.9. The molecule has 2 rings (SSSR count). The van der Waals surface area contributed by atoms with Crippen molar-refractivity contribution in [1.29, 1.82) is 0 Å². The highest BCUT2D eigenvalue weighted by molar-refractivity contribution is 6.18. The largest absolute Gasteiger partial charge is 0.361 e. The molecule has 0 amide bonds. The predicted octanol–water partition coefficient (Wildman–Crippen LogP) is 3.26. The van der Waals surface area contributed by atoms with Gasteiger partial charge in [-0.3, -0.25) is 0 Å². The van der Waals surface area contributed by atoms with Crippen LogP contribution in [-0.2, 0) is 6.42 Å². The summed E-state index contributed by atoms with van der Waals surface area (Å²) in [4.78, 5) is 3.28. The van der Waals surface area contributed by atoms with E-state index in [-0.39, 0.29) is 0 Å². The van der Waals surface area contributed by atoms with Crippen LogP contribution in [0.25, 0.3) is 10.9 Å². The molecule has 0 aliphatic carbocycles. The lowest BCUT2D eigenvalue weighted by atomic mass is 10.1. The van der Waals surface area contributed by atoms with Gasteiger partial charge in [-0.05, 0) is 24.5 Å². The Morgan fingerprint density at radius 2 is 2.23 bits per heavy atom. The molecule has 1 nitrogen and oxygen atoms in total. The molecular weight excluding hydrogens is 182 g/mol. The number of H-pyrrole nitrogens is 1. The van der Waals surface area contributed by atoms with Gasteiger partial charge in [0.15, 0.2) is 0 Å². The van der Waals surface area contributed by atoms with Gasteiger partial charge in [0.1, 0.15) is 0 Å². The van der Waals surface area contributed by atoms with E-state index in [0.29, 0.717) is 5.88 Å². The highest BCUT2D eigenvalue weighted by Crippen LogP contribution is 2.21. The fraction of sp³-hybridized carbons (Fsp3) is 0.273. The molecule has 1 N–H and O–H groups in total. The Morgan fingerprint density at radius 1 is 1.38 bits per heavy atom. The summed E-state index contributed by atoms with van der Waals surface area (Å²) in [7, 11) is 0. The van der Waals surface area contributed by atoms with Crippen molar-refractivity contribution in [3.8, 4) is 0 Å². The van der Waals surface area contributed by atoms with Crippen molar-refractivity contribution < 1.29 is 0 Å². The second-order valence-electron chi connectivity index (χ2n) is 3.25. The topological polar surface area (TPSA) is 15.8 Å². The molecule has 0 saturated heterocycles. The van der Waals surface area contributed by atoms with Crippen molar-refractivity contribution in [2.75, 3.05) is 5.88 Å². The highest BCUT2D eigenvalue weighted by atomic mass is 35.5. The Bertz CT molecular complexity index is 417. The molecule has 0 atom stereocenters. The second-order valence-corrected chi connectivity index (χ2v) is 3.63. The van der Waals surface area contributed by atoms with E-state index in [1.54, 1.807) is 0 Å². The van der Waals surface area contributed by atoms with Gasteiger partial charge < -0.3 is 4.98 Å². The van der Waals surface area contributed by atoms with Crippen LogP contribution >= 0.6 is 11.6 Å². The van der Waals surface area contributed by atoms with Gasteiger partial charge in [-0.25, -0.2) is 0 Å². The molecule has 1 aromatic heterocycles. The molecule has 0 aliphatic rings. The van der Waals surface area contributed by atoms with E-state index >= 15 is 0 Å². The fourth-order valence-corrected chi connectivity index (χ4v) is 1.88. The van der Waals surface area contributed by atoms with Crippen LogP contribution in [0, 0.1) is 6.92 Å². The van der Waals surface area contributed by atoms with E-state index in [4.69, 9.17) is 11.6 Å². The van der Waals surface area contributed by atoms with Gasteiger partial charge >= 0.3 is 0 Å². The summed E-state index contributed by atoms with van der Waals surface area (Å²) >= 11 is 5.72. The number of fused-ring (bicyclic) bond motifs is 1. The first kappa shape index (κ1) is 8.64. The molecule has 2 aromatic rings. The SMILES string of the molecule is Cc1cccc2c(CCCl)c[nH]c12. The maximum Gasteiger partial charge on any atom is 0.0486 e. The number of aromatic nitrogens is 1. The third-order valence-corrected chi connectivity index (χ3v) is 2.56. The second kappa shape index (κ2) is 3.43. The summed E-state index contributed by atoms with van der Waals surface area (Å²) in [5.74, 6) is 0.681. The van der Waals surface area contributed by atoms with Gasteiger partial charge in [0, 0.05) is 23.0 Å². The van der Waals surface area contributed by atoms with Crippen LogP contribution in [0.2, 0.25) is 0 Å². The number of nitrogens with one attached hydrogen (secondary N) is 1. The van der Waals surface area contributed by atoms with Crippen molar-refractivity contribution in [3.05, 3.63) is 35.5 Å². The average molecular weight is 194 g/mol. The summed E-state index contributed by atoms with van der Waals surface area (Å²) in [5.41, 5.74) is 3.84. The Kier molecular flexibility index (Phi) is 2.28. The van der Waals surface area contributed by atoms with Gasteiger partial charge in [0.2, 0.25) is 0 Å². The fourth-order valence-electron chi connectivity index (χ4n) is 1.67. The van der Waals surface area contributed by atoms with Crippen molar-refractivity contribution in [2.24, 2.45) is 0 Å². The Hall–Kier alpha value is -0.950. The number of halogens is 1. The number of hydrogen-bond donors (Lipinski definition) is 1. The number of benzene rings is 1. The van der Waals surface area contributed by atoms with Crippen LogP contribution in [-0.4, -0.2) is 10.9 Å². The van der Waals surface area contributed by atoms with E-state index in [9.17, 15) is 0 Å². The van der Waals surface area contributed by atoms with Crippen molar-refractivity contribution in [3.63, 3.8) is 0 Å². The van der Waals surface area contributed by atoms with Gasteiger partial charge in [0.05, 0.1) is 0 Å². The van der Waals surface area contributed by atoms with E-state index in [0.717, 1.165) is 6.42 Å². The Labute approximate surface area is 82.7 Å². The average Bonchev–Trinajstić information content (AvgIpc) is 2.51. The first-order valence-corrected chi connectivity index (χ1v) is 4.98. The summed E-state index contributed by atoms with van der Waals surface area (Å²) < 4.78 is 0. The molecule has 0 radical (unpaired) electrons. The lowest BCUT2D eigenvalue weighted by Crippen LogP contribution is -1.82. The molecule has 68 valence electrons. The third-order valence-electron chi connectivity index (χ3n) is 2.37. The Morgan fingerprint density at radius 3 is 3.00 bits per heavy atom. The summed E-state index contributed by atoms with van der Waals surface area (Å²) in [6.45, 7) is 2.11. The molecule has 0 aliphatic heterocycles. The molecule has 0 bridgehead atoms. The number of hydrogen-bond acceptors (Lipinski definition) is 0. The molecule has 0 fully saturated rings. The number of rotatable bonds is 2. The summed E-state index contributed by atoms with van der Waals surface area (Å²) in [6, 6.07) is 6.34.